The van der Waals surface area contributed by atoms with Crippen molar-refractivity contribution in [2.45, 2.75) is 19.5 Å². The molecule has 2 aromatic carbocycles. The van der Waals surface area contributed by atoms with Crippen molar-refractivity contribution >= 4 is 17.4 Å². The summed E-state index contributed by atoms with van der Waals surface area (Å²) in [6.07, 6.45) is 3.32. The van der Waals surface area contributed by atoms with E-state index in [0.717, 1.165) is 16.7 Å². The molecule has 3 aromatic rings. The van der Waals surface area contributed by atoms with E-state index in [1.54, 1.807) is 30.6 Å². The SMILES string of the molecule is Cc1ccc(/C(O)=C2/C(=O)C(=O)N(Cc3cccnc3)C2c2ccccc2)cc1. The van der Waals surface area contributed by atoms with Crippen LogP contribution in [0.1, 0.15) is 28.3 Å². The molecule has 0 radical (unpaired) electrons. The maximum Gasteiger partial charge on any atom is 0.295 e. The minimum Gasteiger partial charge on any atom is -0.507 e. The normalized spacial score (nSPS) is 18.2. The molecule has 1 aromatic heterocycles. The lowest BCUT2D eigenvalue weighted by Crippen LogP contribution is -2.29. The highest BCUT2D eigenvalue weighted by Gasteiger charge is 2.45. The molecule has 144 valence electrons. The van der Waals surface area contributed by atoms with Crippen LogP contribution in [0.25, 0.3) is 5.76 Å². The number of rotatable bonds is 4. The lowest BCUT2D eigenvalue weighted by atomic mass is 9.95. The molecule has 5 heteroatoms. The third-order valence-corrected chi connectivity index (χ3v) is 5.06. The van der Waals surface area contributed by atoms with Crippen molar-refractivity contribution in [3.63, 3.8) is 0 Å². The van der Waals surface area contributed by atoms with Gasteiger partial charge in [-0.15, -0.1) is 0 Å². The molecule has 1 unspecified atom stereocenters. The number of ketones is 1. The van der Waals surface area contributed by atoms with Crippen molar-refractivity contribution < 1.29 is 14.7 Å². The fourth-order valence-corrected chi connectivity index (χ4v) is 3.58. The number of aryl methyl sites for hydroxylation is 1. The van der Waals surface area contributed by atoms with E-state index >= 15 is 0 Å². The Morgan fingerprint density at radius 1 is 1.00 bits per heavy atom. The number of Topliss-reactive ketones (excluding diaryl/α,β-unsaturated/α-hetero) is 1. The second-order valence-corrected chi connectivity index (χ2v) is 7.06. The summed E-state index contributed by atoms with van der Waals surface area (Å²) in [4.78, 5) is 31.4. The summed E-state index contributed by atoms with van der Waals surface area (Å²) < 4.78 is 0. The molecule has 1 saturated heterocycles. The summed E-state index contributed by atoms with van der Waals surface area (Å²) >= 11 is 0. The highest BCUT2D eigenvalue weighted by atomic mass is 16.3. The van der Waals surface area contributed by atoms with E-state index in [1.807, 2.05) is 55.5 Å². The molecule has 4 rings (SSSR count). The molecule has 29 heavy (non-hydrogen) atoms. The smallest absolute Gasteiger partial charge is 0.295 e. The van der Waals surface area contributed by atoms with Crippen LogP contribution in [0, 0.1) is 6.92 Å². The van der Waals surface area contributed by atoms with Gasteiger partial charge in [0.1, 0.15) is 5.76 Å². The van der Waals surface area contributed by atoms with Crippen molar-refractivity contribution in [3.8, 4) is 0 Å². The van der Waals surface area contributed by atoms with Gasteiger partial charge in [-0.1, -0.05) is 66.2 Å². The Kier molecular flexibility index (Phi) is 4.96. The maximum absolute atomic E-state index is 12.9. The average Bonchev–Trinajstić information content (AvgIpc) is 3.00. The third kappa shape index (κ3) is 3.55. The summed E-state index contributed by atoms with van der Waals surface area (Å²) in [5, 5.41) is 11.0. The van der Waals surface area contributed by atoms with Crippen LogP contribution in [0.4, 0.5) is 0 Å². The number of hydrogen-bond donors (Lipinski definition) is 1. The summed E-state index contributed by atoms with van der Waals surface area (Å²) in [5.41, 5.74) is 3.23. The number of amides is 1. The molecule has 1 N–H and O–H groups in total. The Morgan fingerprint density at radius 3 is 2.38 bits per heavy atom. The van der Waals surface area contributed by atoms with Gasteiger partial charge in [-0.2, -0.15) is 0 Å². The first kappa shape index (κ1) is 18.6. The van der Waals surface area contributed by atoms with Gasteiger partial charge in [0.2, 0.25) is 0 Å². The van der Waals surface area contributed by atoms with E-state index in [9.17, 15) is 14.7 Å². The molecule has 1 atom stereocenters. The van der Waals surface area contributed by atoms with Gasteiger partial charge in [-0.25, -0.2) is 0 Å². The van der Waals surface area contributed by atoms with Crippen molar-refractivity contribution in [1.82, 2.24) is 9.88 Å². The Hall–Kier alpha value is -3.73. The summed E-state index contributed by atoms with van der Waals surface area (Å²) in [5.74, 6) is -1.47. The van der Waals surface area contributed by atoms with E-state index < -0.39 is 17.7 Å². The first-order valence-electron chi connectivity index (χ1n) is 9.35. The van der Waals surface area contributed by atoms with E-state index in [1.165, 1.54) is 4.90 Å². The van der Waals surface area contributed by atoms with Gasteiger partial charge in [0, 0.05) is 24.5 Å². The number of aliphatic hydroxyl groups is 1. The Labute approximate surface area is 169 Å². The van der Waals surface area contributed by atoms with Crippen LogP contribution in [0.2, 0.25) is 0 Å². The molecular weight excluding hydrogens is 364 g/mol. The van der Waals surface area contributed by atoms with Crippen LogP contribution in [-0.4, -0.2) is 26.7 Å². The summed E-state index contributed by atoms with van der Waals surface area (Å²) in [6.45, 7) is 2.17. The number of likely N-dealkylation sites (tertiary alicyclic amines) is 1. The molecule has 0 aliphatic carbocycles. The number of pyridine rings is 1. The monoisotopic (exact) mass is 384 g/mol. The fourth-order valence-electron chi connectivity index (χ4n) is 3.58. The minimum atomic E-state index is -0.680. The number of benzene rings is 2. The number of aliphatic hydroxyl groups excluding tert-OH is 1. The predicted octanol–water partition coefficient (Wildman–Crippen LogP) is 4.01. The van der Waals surface area contributed by atoms with Gasteiger partial charge in [0.25, 0.3) is 11.7 Å². The van der Waals surface area contributed by atoms with Crippen LogP contribution in [0.15, 0.2) is 84.7 Å². The van der Waals surface area contributed by atoms with Crippen molar-refractivity contribution in [2.24, 2.45) is 0 Å². The molecule has 0 saturated carbocycles. The topological polar surface area (TPSA) is 70.5 Å². The van der Waals surface area contributed by atoms with E-state index in [-0.39, 0.29) is 17.9 Å². The molecule has 5 nitrogen and oxygen atoms in total. The van der Waals surface area contributed by atoms with E-state index in [2.05, 4.69) is 4.98 Å². The molecule has 0 bridgehead atoms. The van der Waals surface area contributed by atoms with Gasteiger partial charge in [0.15, 0.2) is 0 Å². The highest BCUT2D eigenvalue weighted by Crippen LogP contribution is 2.40. The summed E-state index contributed by atoms with van der Waals surface area (Å²) in [6, 6.07) is 19.5. The van der Waals surface area contributed by atoms with Crippen LogP contribution >= 0.6 is 0 Å². The fraction of sp³-hybridized carbons (Fsp3) is 0.125. The lowest BCUT2D eigenvalue weighted by Gasteiger charge is -2.25. The first-order chi connectivity index (χ1) is 14.1. The van der Waals surface area contributed by atoms with Crippen molar-refractivity contribution in [2.75, 3.05) is 0 Å². The number of hydrogen-bond acceptors (Lipinski definition) is 4. The molecule has 0 spiro atoms. The van der Waals surface area contributed by atoms with Gasteiger partial charge < -0.3 is 10.0 Å². The second kappa shape index (κ2) is 7.72. The average molecular weight is 384 g/mol. The third-order valence-electron chi connectivity index (χ3n) is 5.06. The lowest BCUT2D eigenvalue weighted by molar-refractivity contribution is -0.140. The zero-order chi connectivity index (χ0) is 20.4. The number of carbonyl (C=O) groups is 2. The van der Waals surface area contributed by atoms with Gasteiger partial charge in [-0.05, 0) is 24.1 Å². The quantitative estimate of drug-likeness (QED) is 0.419. The molecule has 2 heterocycles. The van der Waals surface area contributed by atoms with E-state index in [4.69, 9.17) is 0 Å². The van der Waals surface area contributed by atoms with Crippen LogP contribution in [-0.2, 0) is 16.1 Å². The number of carbonyl (C=O) groups excluding carboxylic acids is 2. The molecule has 1 aliphatic rings. The Bertz CT molecular complexity index is 1070. The number of nitrogens with zero attached hydrogens (tertiary/aromatic N) is 2. The molecule has 1 amide bonds. The summed E-state index contributed by atoms with van der Waals surface area (Å²) in [7, 11) is 0. The minimum absolute atomic E-state index is 0.106. The molecule has 1 fully saturated rings. The maximum atomic E-state index is 12.9. The Morgan fingerprint density at radius 2 is 1.72 bits per heavy atom. The highest BCUT2D eigenvalue weighted by molar-refractivity contribution is 6.46. The molecule has 1 aliphatic heterocycles. The van der Waals surface area contributed by atoms with Gasteiger partial charge in [0.05, 0.1) is 11.6 Å². The van der Waals surface area contributed by atoms with Crippen LogP contribution in [0.5, 0.6) is 0 Å². The van der Waals surface area contributed by atoms with Gasteiger partial charge >= 0.3 is 0 Å². The zero-order valence-corrected chi connectivity index (χ0v) is 15.9. The van der Waals surface area contributed by atoms with Gasteiger partial charge in [-0.3, -0.25) is 14.6 Å². The van der Waals surface area contributed by atoms with E-state index in [0.29, 0.717) is 5.56 Å². The van der Waals surface area contributed by atoms with Crippen molar-refractivity contribution in [3.05, 3.63) is 107 Å². The van der Waals surface area contributed by atoms with Crippen molar-refractivity contribution in [1.29, 1.82) is 0 Å². The number of aromatic nitrogens is 1. The molecular formula is C24H20N2O3. The Balaban J connectivity index is 1.85. The second-order valence-electron chi connectivity index (χ2n) is 7.06. The largest absolute Gasteiger partial charge is 0.507 e. The standard InChI is InChI=1S/C24H20N2O3/c1-16-9-11-19(12-10-16)22(27)20-21(18-7-3-2-4-8-18)26(24(29)23(20)28)15-17-6-5-13-25-14-17/h2-14,21,27H,15H2,1H3/b22-20-. The first-order valence-corrected chi connectivity index (χ1v) is 9.35. The van der Waals surface area contributed by atoms with Crippen LogP contribution < -0.4 is 0 Å². The van der Waals surface area contributed by atoms with Crippen LogP contribution in [0.3, 0.4) is 0 Å². The predicted molar refractivity (Wildman–Crippen MR) is 110 cm³/mol. The zero-order valence-electron chi connectivity index (χ0n) is 15.9.